The highest BCUT2D eigenvalue weighted by atomic mass is 19.1. The van der Waals surface area contributed by atoms with Gasteiger partial charge in [0.2, 0.25) is 0 Å². The van der Waals surface area contributed by atoms with E-state index in [-0.39, 0.29) is 12.4 Å². The molecule has 0 spiro atoms. The summed E-state index contributed by atoms with van der Waals surface area (Å²) in [5.74, 6) is 1.22. The quantitative estimate of drug-likeness (QED) is 0.772. The number of rotatable bonds is 7. The van der Waals surface area contributed by atoms with Crippen LogP contribution in [0.25, 0.3) is 0 Å². The van der Waals surface area contributed by atoms with E-state index < -0.39 is 6.10 Å². The maximum absolute atomic E-state index is 13.0. The van der Waals surface area contributed by atoms with Gasteiger partial charge in [0.15, 0.2) is 0 Å². The maximum Gasteiger partial charge on any atom is 0.137 e. The van der Waals surface area contributed by atoms with Gasteiger partial charge in [0.25, 0.3) is 0 Å². The Morgan fingerprint density at radius 2 is 1.81 bits per heavy atom. The number of quaternary nitrogens is 1. The second-order valence-electron chi connectivity index (χ2n) is 6.56. The molecule has 5 nitrogen and oxygen atoms in total. The van der Waals surface area contributed by atoms with Gasteiger partial charge in [0.1, 0.15) is 36.6 Å². The minimum Gasteiger partial charge on any atom is -0.497 e. The average Bonchev–Trinajstić information content (AvgIpc) is 2.68. The first-order valence-electron chi connectivity index (χ1n) is 8.93. The number of ether oxygens (including phenoxy) is 2. The molecule has 2 aromatic carbocycles. The Morgan fingerprint density at radius 1 is 1.12 bits per heavy atom. The predicted molar refractivity (Wildman–Crippen MR) is 98.7 cm³/mol. The lowest BCUT2D eigenvalue weighted by molar-refractivity contribution is -0.903. The van der Waals surface area contributed by atoms with E-state index in [4.69, 9.17) is 9.47 Å². The predicted octanol–water partition coefficient (Wildman–Crippen LogP) is 0.979. The summed E-state index contributed by atoms with van der Waals surface area (Å²) in [4.78, 5) is 3.60. The summed E-state index contributed by atoms with van der Waals surface area (Å²) in [7, 11) is 1.61. The molecule has 26 heavy (non-hydrogen) atoms. The Hall–Kier alpha value is -2.31. The molecule has 0 aromatic heterocycles. The van der Waals surface area contributed by atoms with E-state index in [0.717, 1.165) is 37.6 Å². The van der Waals surface area contributed by atoms with Gasteiger partial charge in [-0.25, -0.2) is 4.39 Å². The maximum atomic E-state index is 13.0. The zero-order chi connectivity index (χ0) is 18.4. The van der Waals surface area contributed by atoms with Crippen LogP contribution in [0.2, 0.25) is 0 Å². The number of hydrogen-bond donors (Lipinski definition) is 2. The van der Waals surface area contributed by atoms with Gasteiger partial charge in [-0.05, 0) is 36.4 Å². The molecular formula is C20H26FN2O3+. The first-order chi connectivity index (χ1) is 12.6. The van der Waals surface area contributed by atoms with Gasteiger partial charge in [-0.3, -0.25) is 0 Å². The molecule has 1 fully saturated rings. The van der Waals surface area contributed by atoms with Crippen molar-refractivity contribution in [2.75, 3.05) is 51.3 Å². The van der Waals surface area contributed by atoms with Gasteiger partial charge < -0.3 is 24.4 Å². The van der Waals surface area contributed by atoms with E-state index in [9.17, 15) is 9.50 Å². The van der Waals surface area contributed by atoms with E-state index in [1.165, 1.54) is 17.0 Å². The van der Waals surface area contributed by atoms with E-state index in [1.807, 2.05) is 30.3 Å². The van der Waals surface area contributed by atoms with Crippen LogP contribution in [0, 0.1) is 5.82 Å². The van der Waals surface area contributed by atoms with Crippen molar-refractivity contribution >= 4 is 5.69 Å². The average molecular weight is 361 g/mol. The first-order valence-corrected chi connectivity index (χ1v) is 8.93. The molecule has 1 atom stereocenters. The number of nitrogens with zero attached hydrogens (tertiary/aromatic N) is 1. The van der Waals surface area contributed by atoms with Crippen molar-refractivity contribution in [2.24, 2.45) is 0 Å². The van der Waals surface area contributed by atoms with E-state index in [1.54, 1.807) is 13.2 Å². The standard InChI is InChI=1S/C20H25FN2O3/c1-25-19-3-2-4-20(13-19)26-15-18(24)14-22-9-11-23(12-10-22)17-7-5-16(21)6-8-17/h2-8,13,18,24H,9-12,14-15H2,1H3/p+1/t18-/m0/s1. The Bertz CT molecular complexity index is 688. The molecule has 2 N–H and O–H groups in total. The van der Waals surface area contributed by atoms with Crippen LogP contribution in [0.4, 0.5) is 10.1 Å². The Balaban J connectivity index is 1.41. The molecule has 0 amide bonds. The van der Waals surface area contributed by atoms with Crippen molar-refractivity contribution in [3.8, 4) is 11.5 Å². The minimum absolute atomic E-state index is 0.211. The summed E-state index contributed by atoms with van der Waals surface area (Å²) in [5.41, 5.74) is 1.05. The van der Waals surface area contributed by atoms with Crippen LogP contribution < -0.4 is 19.3 Å². The first kappa shape index (κ1) is 18.5. The van der Waals surface area contributed by atoms with Crippen LogP contribution in [0.1, 0.15) is 0 Å². The van der Waals surface area contributed by atoms with Crippen LogP contribution >= 0.6 is 0 Å². The Kier molecular flexibility index (Phi) is 6.30. The van der Waals surface area contributed by atoms with Crippen molar-refractivity contribution in [1.29, 1.82) is 0 Å². The largest absolute Gasteiger partial charge is 0.497 e. The van der Waals surface area contributed by atoms with Crippen molar-refractivity contribution in [1.82, 2.24) is 0 Å². The zero-order valence-corrected chi connectivity index (χ0v) is 15.0. The van der Waals surface area contributed by atoms with E-state index in [0.29, 0.717) is 12.3 Å². The second kappa shape index (κ2) is 8.87. The molecule has 1 aliphatic rings. The van der Waals surface area contributed by atoms with Gasteiger partial charge in [-0.1, -0.05) is 6.07 Å². The highest BCUT2D eigenvalue weighted by molar-refractivity contribution is 5.46. The third kappa shape index (κ3) is 5.09. The monoisotopic (exact) mass is 361 g/mol. The van der Waals surface area contributed by atoms with Crippen LogP contribution in [-0.4, -0.2) is 57.7 Å². The summed E-state index contributed by atoms with van der Waals surface area (Å²) in [6.45, 7) is 4.58. The fourth-order valence-corrected chi connectivity index (χ4v) is 3.21. The number of aliphatic hydroxyl groups is 1. The Labute approximate surface area is 153 Å². The molecule has 140 valence electrons. The van der Waals surface area contributed by atoms with E-state index >= 15 is 0 Å². The summed E-state index contributed by atoms with van der Waals surface area (Å²) in [5, 5.41) is 10.3. The van der Waals surface area contributed by atoms with Gasteiger partial charge in [0.05, 0.1) is 33.3 Å². The number of hydrogen-bond acceptors (Lipinski definition) is 4. The van der Waals surface area contributed by atoms with Crippen molar-refractivity contribution in [2.45, 2.75) is 6.10 Å². The third-order valence-corrected chi connectivity index (χ3v) is 4.67. The number of methoxy groups -OCH3 is 1. The van der Waals surface area contributed by atoms with Crippen molar-refractivity contribution in [3.63, 3.8) is 0 Å². The molecule has 3 rings (SSSR count). The molecule has 0 unspecified atom stereocenters. The topological polar surface area (TPSA) is 46.4 Å². The molecule has 0 saturated carbocycles. The SMILES string of the molecule is COc1cccc(OC[C@@H](O)C[NH+]2CCN(c3ccc(F)cc3)CC2)c1. The lowest BCUT2D eigenvalue weighted by Gasteiger charge is -2.34. The molecule has 1 saturated heterocycles. The number of halogens is 1. The number of benzene rings is 2. The summed E-state index contributed by atoms with van der Waals surface area (Å²) in [6, 6.07) is 14.0. The molecule has 0 bridgehead atoms. The molecule has 0 aliphatic carbocycles. The molecule has 1 aliphatic heterocycles. The number of nitrogens with one attached hydrogen (secondary N) is 1. The van der Waals surface area contributed by atoms with Crippen LogP contribution in [0.5, 0.6) is 11.5 Å². The van der Waals surface area contributed by atoms with Crippen LogP contribution in [-0.2, 0) is 0 Å². The zero-order valence-electron chi connectivity index (χ0n) is 15.0. The normalized spacial score (nSPS) is 16.3. The van der Waals surface area contributed by atoms with Gasteiger partial charge >= 0.3 is 0 Å². The van der Waals surface area contributed by atoms with Gasteiger partial charge in [0, 0.05) is 11.8 Å². The summed E-state index contributed by atoms with van der Waals surface area (Å²) >= 11 is 0. The smallest absolute Gasteiger partial charge is 0.137 e. The molecule has 6 heteroatoms. The summed E-state index contributed by atoms with van der Waals surface area (Å²) in [6.07, 6.45) is -0.520. The third-order valence-electron chi connectivity index (χ3n) is 4.67. The van der Waals surface area contributed by atoms with Gasteiger partial charge in [-0.15, -0.1) is 0 Å². The summed E-state index contributed by atoms with van der Waals surface area (Å²) < 4.78 is 23.9. The minimum atomic E-state index is -0.520. The highest BCUT2D eigenvalue weighted by Gasteiger charge is 2.22. The molecule has 0 radical (unpaired) electrons. The van der Waals surface area contributed by atoms with Crippen molar-refractivity contribution in [3.05, 3.63) is 54.3 Å². The fraction of sp³-hybridized carbons (Fsp3) is 0.400. The fourth-order valence-electron chi connectivity index (χ4n) is 3.21. The number of anilines is 1. The molecular weight excluding hydrogens is 335 g/mol. The lowest BCUT2D eigenvalue weighted by atomic mass is 10.2. The van der Waals surface area contributed by atoms with Crippen molar-refractivity contribution < 1.29 is 23.9 Å². The molecule has 1 heterocycles. The van der Waals surface area contributed by atoms with Gasteiger partial charge in [-0.2, -0.15) is 0 Å². The van der Waals surface area contributed by atoms with E-state index in [2.05, 4.69) is 4.90 Å². The number of piperazine rings is 1. The van der Waals surface area contributed by atoms with Crippen LogP contribution in [0.3, 0.4) is 0 Å². The van der Waals surface area contributed by atoms with Crippen LogP contribution in [0.15, 0.2) is 48.5 Å². The highest BCUT2D eigenvalue weighted by Crippen LogP contribution is 2.19. The second-order valence-corrected chi connectivity index (χ2v) is 6.56. The lowest BCUT2D eigenvalue weighted by Crippen LogP contribution is -3.16. The molecule has 2 aromatic rings. The Morgan fingerprint density at radius 3 is 2.50 bits per heavy atom. The number of aliphatic hydroxyl groups excluding tert-OH is 1.